The molecule has 0 aliphatic carbocycles. The van der Waals surface area contributed by atoms with E-state index in [0.29, 0.717) is 5.56 Å². The van der Waals surface area contributed by atoms with Crippen LogP contribution in [0.15, 0.2) is 72.9 Å². The lowest BCUT2D eigenvalue weighted by atomic mass is 10.1. The van der Waals surface area contributed by atoms with Gasteiger partial charge in [-0.15, -0.1) is 37.2 Å². The summed E-state index contributed by atoms with van der Waals surface area (Å²) in [7, 11) is 0. The molecule has 0 radical (unpaired) electrons. The third-order valence-corrected chi connectivity index (χ3v) is 6.38. The normalized spacial score (nSPS) is 10.4. The van der Waals surface area contributed by atoms with Crippen LogP contribution >= 0.6 is 37.2 Å². The maximum absolute atomic E-state index is 12.9. The Hall–Kier alpha value is -3.19. The standard InChI is InChI=1S/C28H29N5O.3ClH/c1-4-32(5-2)23-11-7-19(8-12-23)27-30-24-13-10-22(18-25(24)31-27)29-28(34)21-9-14-26-20(17-21)15-16-33(26)6-3;;;/h7-18H,4-6H2,1-3H3,(H,29,34)(H,30,31);3*1H. The van der Waals surface area contributed by atoms with Crippen LogP contribution in [0.25, 0.3) is 33.3 Å². The lowest BCUT2D eigenvalue weighted by Crippen LogP contribution is -2.21. The van der Waals surface area contributed by atoms with E-state index in [0.717, 1.165) is 58.6 Å². The fourth-order valence-electron chi connectivity index (χ4n) is 4.46. The summed E-state index contributed by atoms with van der Waals surface area (Å²) in [6.45, 7) is 9.30. The lowest BCUT2D eigenvalue weighted by molar-refractivity contribution is 0.102. The summed E-state index contributed by atoms with van der Waals surface area (Å²) < 4.78 is 2.16. The molecule has 0 saturated heterocycles. The van der Waals surface area contributed by atoms with E-state index in [1.165, 1.54) is 5.69 Å². The van der Waals surface area contributed by atoms with Gasteiger partial charge in [0, 0.05) is 59.2 Å². The van der Waals surface area contributed by atoms with Gasteiger partial charge in [0.15, 0.2) is 0 Å². The molecular weight excluding hydrogens is 529 g/mol. The van der Waals surface area contributed by atoms with Crippen LogP contribution in [-0.4, -0.2) is 33.5 Å². The van der Waals surface area contributed by atoms with E-state index in [4.69, 9.17) is 4.98 Å². The van der Waals surface area contributed by atoms with Crippen LogP contribution in [0.3, 0.4) is 0 Å². The number of halogens is 3. The molecule has 9 heteroatoms. The number of aryl methyl sites for hydroxylation is 1. The Morgan fingerprint density at radius 3 is 2.32 bits per heavy atom. The molecule has 37 heavy (non-hydrogen) atoms. The molecule has 5 rings (SSSR count). The number of fused-ring (bicyclic) bond motifs is 2. The van der Waals surface area contributed by atoms with Gasteiger partial charge >= 0.3 is 0 Å². The third-order valence-electron chi connectivity index (χ3n) is 6.38. The highest BCUT2D eigenvalue weighted by Crippen LogP contribution is 2.26. The average Bonchev–Trinajstić information content (AvgIpc) is 3.48. The molecule has 2 aromatic heterocycles. The largest absolute Gasteiger partial charge is 0.372 e. The number of hydrogen-bond donors (Lipinski definition) is 2. The Kier molecular flexibility index (Phi) is 10.4. The maximum Gasteiger partial charge on any atom is 0.255 e. The average molecular weight is 561 g/mol. The molecule has 1 amide bonds. The van der Waals surface area contributed by atoms with Crippen LogP contribution in [0.2, 0.25) is 0 Å². The van der Waals surface area contributed by atoms with E-state index in [1.54, 1.807) is 0 Å². The first-order chi connectivity index (χ1) is 16.6. The number of anilines is 2. The number of imidazole rings is 1. The number of aromatic nitrogens is 3. The quantitative estimate of drug-likeness (QED) is 0.216. The molecule has 0 bridgehead atoms. The van der Waals surface area contributed by atoms with Gasteiger partial charge in [-0.3, -0.25) is 4.79 Å². The Balaban J connectivity index is 0.00000160. The van der Waals surface area contributed by atoms with Crippen molar-refractivity contribution in [3.8, 4) is 11.4 Å². The number of carbonyl (C=O) groups excluding carboxylic acids is 1. The molecule has 0 atom stereocenters. The van der Waals surface area contributed by atoms with Crippen LogP contribution in [0.1, 0.15) is 31.1 Å². The third kappa shape index (κ3) is 6.04. The van der Waals surface area contributed by atoms with Gasteiger partial charge in [0.2, 0.25) is 0 Å². The van der Waals surface area contributed by atoms with E-state index < -0.39 is 0 Å². The van der Waals surface area contributed by atoms with E-state index in [2.05, 4.69) is 64.8 Å². The SMILES string of the molecule is CCN(CC)c1ccc(-c2nc3ccc(NC(=O)c4ccc5c(ccn5CC)c4)cc3[nH]2)cc1.Cl.Cl.Cl. The Morgan fingerprint density at radius 2 is 1.65 bits per heavy atom. The van der Waals surface area contributed by atoms with Crippen molar-refractivity contribution in [2.75, 3.05) is 23.3 Å². The highest BCUT2D eigenvalue weighted by atomic mass is 35.5. The van der Waals surface area contributed by atoms with Crippen molar-refractivity contribution in [2.24, 2.45) is 0 Å². The molecule has 0 unspecified atom stereocenters. The second-order valence-electron chi connectivity index (χ2n) is 8.37. The molecule has 2 N–H and O–H groups in total. The zero-order valence-corrected chi connectivity index (χ0v) is 23.5. The highest BCUT2D eigenvalue weighted by Gasteiger charge is 2.11. The molecule has 196 valence electrons. The minimum Gasteiger partial charge on any atom is -0.372 e. The first kappa shape index (κ1) is 30.0. The summed E-state index contributed by atoms with van der Waals surface area (Å²) in [4.78, 5) is 23.3. The number of benzene rings is 3. The maximum atomic E-state index is 12.9. The van der Waals surface area contributed by atoms with E-state index in [-0.39, 0.29) is 43.1 Å². The van der Waals surface area contributed by atoms with Gasteiger partial charge in [-0.25, -0.2) is 4.98 Å². The number of nitrogens with zero attached hydrogens (tertiary/aromatic N) is 3. The minimum atomic E-state index is -0.128. The highest BCUT2D eigenvalue weighted by molar-refractivity contribution is 6.07. The molecule has 0 spiro atoms. The van der Waals surface area contributed by atoms with Crippen molar-refractivity contribution >= 4 is 76.4 Å². The molecule has 0 aliphatic rings. The molecule has 6 nitrogen and oxygen atoms in total. The number of amides is 1. The van der Waals surface area contributed by atoms with Gasteiger partial charge in [-0.05, 0) is 87.5 Å². The second-order valence-corrected chi connectivity index (χ2v) is 8.37. The van der Waals surface area contributed by atoms with E-state index in [9.17, 15) is 4.79 Å². The van der Waals surface area contributed by atoms with Gasteiger partial charge < -0.3 is 19.8 Å². The fraction of sp³-hybridized carbons (Fsp3) is 0.214. The number of H-pyrrole nitrogens is 1. The van der Waals surface area contributed by atoms with Crippen LogP contribution in [0, 0.1) is 0 Å². The first-order valence-corrected chi connectivity index (χ1v) is 11.8. The van der Waals surface area contributed by atoms with E-state index in [1.807, 2.05) is 48.7 Å². The molecule has 0 saturated carbocycles. The Labute approximate surface area is 235 Å². The van der Waals surface area contributed by atoms with Gasteiger partial charge in [-0.1, -0.05) is 0 Å². The van der Waals surface area contributed by atoms with Gasteiger partial charge in [0.1, 0.15) is 5.82 Å². The fourth-order valence-corrected chi connectivity index (χ4v) is 4.46. The summed E-state index contributed by atoms with van der Waals surface area (Å²) in [5.41, 5.74) is 6.50. The minimum absolute atomic E-state index is 0. The van der Waals surface area contributed by atoms with Crippen molar-refractivity contribution in [1.82, 2.24) is 14.5 Å². The van der Waals surface area contributed by atoms with Crippen molar-refractivity contribution in [2.45, 2.75) is 27.3 Å². The molecule has 2 heterocycles. The van der Waals surface area contributed by atoms with Gasteiger partial charge in [-0.2, -0.15) is 0 Å². The molecule has 0 fully saturated rings. The van der Waals surface area contributed by atoms with Crippen molar-refractivity contribution in [1.29, 1.82) is 0 Å². The number of aromatic amines is 1. The monoisotopic (exact) mass is 559 g/mol. The molecule has 0 aliphatic heterocycles. The first-order valence-electron chi connectivity index (χ1n) is 11.8. The predicted octanol–water partition coefficient (Wildman–Crippen LogP) is 7.57. The van der Waals surface area contributed by atoms with Gasteiger partial charge in [0.25, 0.3) is 5.91 Å². The topological polar surface area (TPSA) is 66.0 Å². The number of nitrogens with one attached hydrogen (secondary N) is 2. The number of hydrogen-bond acceptors (Lipinski definition) is 3. The summed E-state index contributed by atoms with van der Waals surface area (Å²) in [6, 6.07) is 22.1. The van der Waals surface area contributed by atoms with Crippen LogP contribution in [0.4, 0.5) is 11.4 Å². The summed E-state index contributed by atoms with van der Waals surface area (Å²) in [5.74, 6) is 0.688. The van der Waals surface area contributed by atoms with Gasteiger partial charge in [0.05, 0.1) is 11.0 Å². The summed E-state index contributed by atoms with van der Waals surface area (Å²) in [6.07, 6.45) is 2.05. The van der Waals surface area contributed by atoms with Crippen molar-refractivity contribution < 1.29 is 4.79 Å². The number of rotatable bonds is 7. The van der Waals surface area contributed by atoms with Crippen LogP contribution < -0.4 is 10.2 Å². The van der Waals surface area contributed by atoms with Crippen LogP contribution in [0.5, 0.6) is 0 Å². The molecule has 5 aromatic rings. The summed E-state index contributed by atoms with van der Waals surface area (Å²) in [5, 5.41) is 4.08. The zero-order chi connectivity index (χ0) is 23.7. The Morgan fingerprint density at radius 1 is 0.919 bits per heavy atom. The smallest absolute Gasteiger partial charge is 0.255 e. The predicted molar refractivity (Wildman–Crippen MR) is 162 cm³/mol. The Bertz CT molecular complexity index is 1470. The number of carbonyl (C=O) groups is 1. The zero-order valence-electron chi connectivity index (χ0n) is 21.0. The molecular formula is C28H32Cl3N5O. The van der Waals surface area contributed by atoms with Crippen molar-refractivity contribution in [3.05, 3.63) is 78.5 Å². The van der Waals surface area contributed by atoms with Crippen LogP contribution in [-0.2, 0) is 6.54 Å². The van der Waals surface area contributed by atoms with Crippen molar-refractivity contribution in [3.63, 3.8) is 0 Å². The lowest BCUT2D eigenvalue weighted by Gasteiger charge is -2.20. The second kappa shape index (κ2) is 12.9. The summed E-state index contributed by atoms with van der Waals surface area (Å²) >= 11 is 0. The van der Waals surface area contributed by atoms with E-state index >= 15 is 0 Å². The molecule has 3 aromatic carbocycles.